The van der Waals surface area contributed by atoms with E-state index in [9.17, 15) is 9.59 Å². The number of carbonyl (C=O) groups is 2. The normalized spacial score (nSPS) is 32.4. The Balaban J connectivity index is 1.82. The number of nitrogens with one attached hydrogen (secondary N) is 1. The average molecular weight is 278 g/mol. The van der Waals surface area contributed by atoms with Crippen LogP contribution >= 0.6 is 0 Å². The fourth-order valence-corrected chi connectivity index (χ4v) is 3.87. The Hall–Kier alpha value is -1.06. The molecular weight excluding hydrogens is 252 g/mol. The fourth-order valence-electron chi connectivity index (χ4n) is 3.87. The molecule has 0 aromatic carbocycles. The highest BCUT2D eigenvalue weighted by Crippen LogP contribution is 2.39. The first-order chi connectivity index (χ1) is 9.72. The monoisotopic (exact) mass is 278 g/mol. The van der Waals surface area contributed by atoms with Crippen LogP contribution in [0.1, 0.15) is 64.7 Å². The molecule has 2 unspecified atom stereocenters. The second kappa shape index (κ2) is 5.74. The van der Waals surface area contributed by atoms with Gasteiger partial charge in [-0.3, -0.25) is 9.59 Å². The molecule has 0 aromatic heterocycles. The van der Waals surface area contributed by atoms with E-state index in [2.05, 4.69) is 12.2 Å². The molecule has 0 radical (unpaired) electrons. The maximum Gasteiger partial charge on any atom is 0.246 e. The first-order valence-electron chi connectivity index (χ1n) is 8.35. The van der Waals surface area contributed by atoms with Crippen LogP contribution in [-0.4, -0.2) is 34.8 Å². The molecule has 2 amide bonds. The molecule has 0 bridgehead atoms. The first-order valence-corrected chi connectivity index (χ1v) is 8.35. The molecule has 0 aromatic rings. The van der Waals surface area contributed by atoms with Crippen molar-refractivity contribution in [2.45, 2.75) is 82.8 Å². The topological polar surface area (TPSA) is 49.4 Å². The number of hydrogen-bond acceptors (Lipinski definition) is 2. The summed E-state index contributed by atoms with van der Waals surface area (Å²) in [5.74, 6) is 0.717. The third kappa shape index (κ3) is 2.57. The Morgan fingerprint density at radius 2 is 1.80 bits per heavy atom. The minimum atomic E-state index is -0.274. The van der Waals surface area contributed by atoms with E-state index >= 15 is 0 Å². The van der Waals surface area contributed by atoms with Crippen LogP contribution in [0.4, 0.5) is 0 Å². The number of nitrogens with zero attached hydrogens (tertiary/aromatic N) is 1. The van der Waals surface area contributed by atoms with E-state index in [4.69, 9.17) is 0 Å². The van der Waals surface area contributed by atoms with Gasteiger partial charge < -0.3 is 10.2 Å². The molecule has 4 heteroatoms. The van der Waals surface area contributed by atoms with Crippen LogP contribution in [0.5, 0.6) is 0 Å². The first kappa shape index (κ1) is 13.9. The molecule has 20 heavy (non-hydrogen) atoms. The highest BCUT2D eigenvalue weighted by Gasteiger charge is 2.49. The van der Waals surface area contributed by atoms with Crippen molar-refractivity contribution in [2.75, 3.05) is 0 Å². The zero-order valence-electron chi connectivity index (χ0n) is 12.4. The molecule has 1 heterocycles. The SMILES string of the molecule is CCCC1NC(=O)C(C2CC2)N(C2CCCCC2)C1=O. The van der Waals surface area contributed by atoms with Crippen LogP contribution in [-0.2, 0) is 9.59 Å². The van der Waals surface area contributed by atoms with E-state index in [0.717, 1.165) is 38.5 Å². The van der Waals surface area contributed by atoms with E-state index in [1.165, 1.54) is 19.3 Å². The second-order valence-electron chi connectivity index (χ2n) is 6.67. The van der Waals surface area contributed by atoms with Crippen LogP contribution in [0, 0.1) is 5.92 Å². The van der Waals surface area contributed by atoms with Gasteiger partial charge in [-0.1, -0.05) is 32.6 Å². The van der Waals surface area contributed by atoms with Crippen molar-refractivity contribution >= 4 is 11.8 Å². The van der Waals surface area contributed by atoms with Crippen molar-refractivity contribution in [1.82, 2.24) is 10.2 Å². The summed E-state index contributed by atoms with van der Waals surface area (Å²) in [6.07, 6.45) is 9.76. The van der Waals surface area contributed by atoms with Gasteiger partial charge in [-0.15, -0.1) is 0 Å². The van der Waals surface area contributed by atoms with E-state index in [1.54, 1.807) is 0 Å². The highest BCUT2D eigenvalue weighted by atomic mass is 16.2. The number of carbonyl (C=O) groups excluding carboxylic acids is 2. The second-order valence-corrected chi connectivity index (χ2v) is 6.67. The number of rotatable bonds is 4. The molecule has 1 saturated heterocycles. The number of hydrogen-bond donors (Lipinski definition) is 1. The summed E-state index contributed by atoms with van der Waals surface area (Å²) >= 11 is 0. The molecule has 112 valence electrons. The molecule has 2 atom stereocenters. The van der Waals surface area contributed by atoms with E-state index < -0.39 is 0 Å². The predicted octanol–water partition coefficient (Wildman–Crippen LogP) is 2.22. The molecule has 1 aliphatic heterocycles. The van der Waals surface area contributed by atoms with Gasteiger partial charge >= 0.3 is 0 Å². The Bertz CT molecular complexity index is 386. The van der Waals surface area contributed by atoms with Crippen LogP contribution in [0.2, 0.25) is 0 Å². The Morgan fingerprint density at radius 3 is 2.40 bits per heavy atom. The molecule has 1 N–H and O–H groups in total. The van der Waals surface area contributed by atoms with Crippen molar-refractivity contribution < 1.29 is 9.59 Å². The van der Waals surface area contributed by atoms with E-state index in [0.29, 0.717) is 12.0 Å². The van der Waals surface area contributed by atoms with Crippen molar-refractivity contribution in [3.05, 3.63) is 0 Å². The lowest BCUT2D eigenvalue weighted by atomic mass is 9.89. The van der Waals surface area contributed by atoms with Gasteiger partial charge in [0.1, 0.15) is 12.1 Å². The molecule has 2 saturated carbocycles. The van der Waals surface area contributed by atoms with Crippen molar-refractivity contribution in [2.24, 2.45) is 5.92 Å². The third-order valence-electron chi connectivity index (χ3n) is 5.05. The maximum atomic E-state index is 12.8. The fraction of sp³-hybridized carbons (Fsp3) is 0.875. The van der Waals surface area contributed by atoms with Gasteiger partial charge in [0.15, 0.2) is 0 Å². The molecule has 3 rings (SSSR count). The van der Waals surface area contributed by atoms with E-state index in [1.807, 2.05) is 4.90 Å². The average Bonchev–Trinajstić information content (AvgIpc) is 3.28. The summed E-state index contributed by atoms with van der Waals surface area (Å²) in [7, 11) is 0. The van der Waals surface area contributed by atoms with Gasteiger partial charge in [0.25, 0.3) is 0 Å². The molecule has 3 aliphatic rings. The zero-order valence-corrected chi connectivity index (χ0v) is 12.4. The minimum Gasteiger partial charge on any atom is -0.342 e. The molecule has 0 spiro atoms. The minimum absolute atomic E-state index is 0.108. The number of amides is 2. The van der Waals surface area contributed by atoms with Gasteiger partial charge in [0, 0.05) is 6.04 Å². The van der Waals surface area contributed by atoms with Gasteiger partial charge in [-0.2, -0.15) is 0 Å². The van der Waals surface area contributed by atoms with Crippen molar-refractivity contribution in [3.63, 3.8) is 0 Å². The quantitative estimate of drug-likeness (QED) is 0.857. The Labute approximate surface area is 121 Å². The van der Waals surface area contributed by atoms with Crippen LogP contribution in [0.3, 0.4) is 0 Å². The maximum absolute atomic E-state index is 12.8. The molecule has 2 aliphatic carbocycles. The van der Waals surface area contributed by atoms with E-state index in [-0.39, 0.29) is 23.9 Å². The highest BCUT2D eigenvalue weighted by molar-refractivity contribution is 5.97. The Morgan fingerprint density at radius 1 is 1.10 bits per heavy atom. The summed E-state index contributed by atoms with van der Waals surface area (Å²) in [5, 5.41) is 2.98. The lowest BCUT2D eigenvalue weighted by Gasteiger charge is -2.45. The molecule has 4 nitrogen and oxygen atoms in total. The van der Waals surface area contributed by atoms with Crippen molar-refractivity contribution in [1.29, 1.82) is 0 Å². The largest absolute Gasteiger partial charge is 0.342 e. The van der Waals surface area contributed by atoms with Gasteiger partial charge in [-0.25, -0.2) is 0 Å². The lowest BCUT2D eigenvalue weighted by Crippen LogP contribution is -2.66. The summed E-state index contributed by atoms with van der Waals surface area (Å²) < 4.78 is 0. The lowest BCUT2D eigenvalue weighted by molar-refractivity contribution is -0.154. The van der Waals surface area contributed by atoms with Crippen molar-refractivity contribution in [3.8, 4) is 0 Å². The smallest absolute Gasteiger partial charge is 0.246 e. The predicted molar refractivity (Wildman–Crippen MR) is 77.1 cm³/mol. The zero-order chi connectivity index (χ0) is 14.1. The van der Waals surface area contributed by atoms with Crippen LogP contribution < -0.4 is 5.32 Å². The standard InChI is InChI=1S/C16H26N2O2/c1-2-6-13-16(20)18(12-7-4-3-5-8-12)14(11-9-10-11)15(19)17-13/h11-14H,2-10H2,1H3,(H,17,19). The van der Waals surface area contributed by atoms with Crippen LogP contribution in [0.15, 0.2) is 0 Å². The van der Waals surface area contributed by atoms with Gasteiger partial charge in [-0.05, 0) is 38.0 Å². The summed E-state index contributed by atoms with van der Waals surface area (Å²) in [4.78, 5) is 27.3. The summed E-state index contributed by atoms with van der Waals surface area (Å²) in [6.45, 7) is 2.07. The number of piperazine rings is 1. The summed E-state index contributed by atoms with van der Waals surface area (Å²) in [5.41, 5.74) is 0. The Kier molecular flexibility index (Phi) is 3.99. The van der Waals surface area contributed by atoms with Gasteiger partial charge in [0.2, 0.25) is 11.8 Å². The molecule has 3 fully saturated rings. The van der Waals surface area contributed by atoms with Gasteiger partial charge in [0.05, 0.1) is 0 Å². The summed E-state index contributed by atoms with van der Waals surface area (Å²) in [6, 6.07) is -0.129. The molecular formula is C16H26N2O2. The third-order valence-corrected chi connectivity index (χ3v) is 5.05. The van der Waals surface area contributed by atoms with Crippen LogP contribution in [0.25, 0.3) is 0 Å².